The molecule has 2 aliphatic carbocycles. The molecular weight excluding hydrogens is 270 g/mol. The van der Waals surface area contributed by atoms with Gasteiger partial charge in [0.1, 0.15) is 17.0 Å². The van der Waals surface area contributed by atoms with Crippen molar-refractivity contribution in [2.75, 3.05) is 11.9 Å². The van der Waals surface area contributed by atoms with E-state index in [1.54, 1.807) is 6.33 Å². The van der Waals surface area contributed by atoms with Gasteiger partial charge < -0.3 is 10.4 Å². The van der Waals surface area contributed by atoms with Crippen LogP contribution in [0, 0.1) is 0 Å². The largest absolute Gasteiger partial charge is 0.388 e. The first kappa shape index (κ1) is 12.5. The van der Waals surface area contributed by atoms with Crippen molar-refractivity contribution in [3.63, 3.8) is 0 Å². The van der Waals surface area contributed by atoms with E-state index in [1.807, 2.05) is 11.3 Å². The normalized spacial score (nSPS) is 20.4. The predicted molar refractivity (Wildman–Crippen MR) is 81.3 cm³/mol. The molecule has 0 bridgehead atoms. The van der Waals surface area contributed by atoms with E-state index in [0.29, 0.717) is 6.54 Å². The molecule has 2 aromatic rings. The number of thiophene rings is 1. The van der Waals surface area contributed by atoms with Crippen molar-refractivity contribution in [2.24, 2.45) is 0 Å². The summed E-state index contributed by atoms with van der Waals surface area (Å²) in [5.74, 6) is 0.912. The molecular formula is C15H19N3OS. The highest BCUT2D eigenvalue weighted by Gasteiger charge is 2.34. The van der Waals surface area contributed by atoms with Crippen LogP contribution in [-0.4, -0.2) is 27.2 Å². The number of aliphatic hydroxyl groups is 1. The molecule has 20 heavy (non-hydrogen) atoms. The molecule has 1 saturated carbocycles. The maximum atomic E-state index is 10.2. The van der Waals surface area contributed by atoms with Gasteiger partial charge in [0.25, 0.3) is 0 Å². The first-order valence-electron chi connectivity index (χ1n) is 7.47. The summed E-state index contributed by atoms with van der Waals surface area (Å²) in [4.78, 5) is 11.4. The molecule has 0 atom stereocenters. The van der Waals surface area contributed by atoms with Crippen LogP contribution in [0.25, 0.3) is 10.2 Å². The minimum absolute atomic E-state index is 0.520. The van der Waals surface area contributed by atoms with Gasteiger partial charge in [-0.05, 0) is 50.5 Å². The van der Waals surface area contributed by atoms with Gasteiger partial charge in [-0.3, -0.25) is 0 Å². The summed E-state index contributed by atoms with van der Waals surface area (Å²) < 4.78 is 0. The number of hydrogen-bond donors (Lipinski definition) is 2. The SMILES string of the molecule is OC1(CNc2ncnc3sc4c(c23)CCCC4)CCC1. The second-order valence-electron chi connectivity index (χ2n) is 6.04. The minimum atomic E-state index is -0.520. The molecule has 0 amide bonds. The maximum Gasteiger partial charge on any atom is 0.138 e. The fourth-order valence-corrected chi connectivity index (χ4v) is 4.46. The summed E-state index contributed by atoms with van der Waals surface area (Å²) >= 11 is 1.81. The number of anilines is 1. The highest BCUT2D eigenvalue weighted by molar-refractivity contribution is 7.19. The first-order valence-corrected chi connectivity index (χ1v) is 8.28. The molecule has 4 rings (SSSR count). The van der Waals surface area contributed by atoms with Crippen LogP contribution in [0.2, 0.25) is 0 Å². The van der Waals surface area contributed by atoms with Gasteiger partial charge in [0.2, 0.25) is 0 Å². The van der Waals surface area contributed by atoms with Crippen molar-refractivity contribution in [1.29, 1.82) is 0 Å². The Morgan fingerprint density at radius 3 is 2.85 bits per heavy atom. The number of nitrogens with zero attached hydrogens (tertiary/aromatic N) is 2. The lowest BCUT2D eigenvalue weighted by molar-refractivity contribution is -0.0202. The molecule has 0 unspecified atom stereocenters. The van der Waals surface area contributed by atoms with Crippen LogP contribution in [0.3, 0.4) is 0 Å². The Bertz CT molecular complexity index is 648. The quantitative estimate of drug-likeness (QED) is 0.912. The van der Waals surface area contributed by atoms with Gasteiger partial charge in [0.15, 0.2) is 0 Å². The Labute approximate surface area is 122 Å². The molecule has 0 aromatic carbocycles. The lowest BCUT2D eigenvalue weighted by atomic mass is 9.80. The standard InChI is InChI=1S/C15H19N3OS/c19-15(6-3-7-15)8-16-13-12-10-4-1-2-5-11(10)20-14(12)18-9-17-13/h9,19H,1-8H2,(H,16,17,18). The molecule has 0 radical (unpaired) electrons. The molecule has 2 heterocycles. The first-order chi connectivity index (χ1) is 9.75. The van der Waals surface area contributed by atoms with Crippen molar-refractivity contribution in [3.8, 4) is 0 Å². The van der Waals surface area contributed by atoms with Crippen LogP contribution in [-0.2, 0) is 12.8 Å². The highest BCUT2D eigenvalue weighted by atomic mass is 32.1. The lowest BCUT2D eigenvalue weighted by Crippen LogP contribution is -2.43. The molecule has 2 aromatic heterocycles. The fraction of sp³-hybridized carbons (Fsp3) is 0.600. The van der Waals surface area contributed by atoms with Gasteiger partial charge in [-0.15, -0.1) is 11.3 Å². The molecule has 2 aliphatic rings. The number of aromatic nitrogens is 2. The van der Waals surface area contributed by atoms with Crippen LogP contribution in [0.1, 0.15) is 42.5 Å². The Morgan fingerprint density at radius 1 is 1.20 bits per heavy atom. The predicted octanol–water partition coefficient (Wildman–Crippen LogP) is 2.90. The third-order valence-electron chi connectivity index (χ3n) is 4.62. The molecule has 5 heteroatoms. The molecule has 0 aliphatic heterocycles. The van der Waals surface area contributed by atoms with E-state index in [4.69, 9.17) is 0 Å². The van der Waals surface area contributed by atoms with Gasteiger partial charge in [0.05, 0.1) is 11.0 Å². The summed E-state index contributed by atoms with van der Waals surface area (Å²) in [5, 5.41) is 14.8. The van der Waals surface area contributed by atoms with E-state index in [0.717, 1.165) is 36.3 Å². The Morgan fingerprint density at radius 2 is 2.05 bits per heavy atom. The molecule has 1 fully saturated rings. The van der Waals surface area contributed by atoms with Crippen LogP contribution >= 0.6 is 11.3 Å². The van der Waals surface area contributed by atoms with Gasteiger partial charge in [-0.1, -0.05) is 0 Å². The average Bonchev–Trinajstić information content (AvgIpc) is 2.82. The average molecular weight is 289 g/mol. The zero-order valence-electron chi connectivity index (χ0n) is 11.5. The minimum Gasteiger partial charge on any atom is -0.388 e. The Hall–Kier alpha value is -1.20. The van der Waals surface area contributed by atoms with E-state index in [2.05, 4.69) is 15.3 Å². The number of rotatable bonds is 3. The third kappa shape index (κ3) is 2.00. The summed E-state index contributed by atoms with van der Waals surface area (Å²) in [7, 11) is 0. The number of fused-ring (bicyclic) bond motifs is 3. The molecule has 106 valence electrons. The Kier molecular flexibility index (Phi) is 2.93. The zero-order chi connectivity index (χ0) is 13.6. The van der Waals surface area contributed by atoms with E-state index >= 15 is 0 Å². The number of hydrogen-bond acceptors (Lipinski definition) is 5. The van der Waals surface area contributed by atoms with Crippen LogP contribution < -0.4 is 5.32 Å². The number of aryl methyl sites for hydroxylation is 2. The van der Waals surface area contributed by atoms with E-state index in [-0.39, 0.29) is 0 Å². The van der Waals surface area contributed by atoms with Crippen molar-refractivity contribution in [1.82, 2.24) is 9.97 Å². The Balaban J connectivity index is 1.69. The van der Waals surface area contributed by atoms with Gasteiger partial charge in [0, 0.05) is 11.4 Å². The molecule has 2 N–H and O–H groups in total. The van der Waals surface area contributed by atoms with Crippen molar-refractivity contribution < 1.29 is 5.11 Å². The lowest BCUT2D eigenvalue weighted by Gasteiger charge is -2.36. The van der Waals surface area contributed by atoms with E-state index in [1.165, 1.54) is 35.1 Å². The highest BCUT2D eigenvalue weighted by Crippen LogP contribution is 2.39. The topological polar surface area (TPSA) is 58.0 Å². The van der Waals surface area contributed by atoms with Gasteiger partial charge >= 0.3 is 0 Å². The fourth-order valence-electron chi connectivity index (χ4n) is 3.23. The smallest absolute Gasteiger partial charge is 0.138 e. The van der Waals surface area contributed by atoms with Crippen molar-refractivity contribution >= 4 is 27.4 Å². The van der Waals surface area contributed by atoms with Gasteiger partial charge in [-0.2, -0.15) is 0 Å². The second kappa shape index (κ2) is 4.67. The van der Waals surface area contributed by atoms with Crippen molar-refractivity contribution in [2.45, 2.75) is 50.5 Å². The van der Waals surface area contributed by atoms with Crippen LogP contribution in [0.5, 0.6) is 0 Å². The second-order valence-corrected chi connectivity index (χ2v) is 7.13. The molecule has 4 nitrogen and oxygen atoms in total. The van der Waals surface area contributed by atoms with E-state index < -0.39 is 5.60 Å². The third-order valence-corrected chi connectivity index (χ3v) is 5.82. The van der Waals surface area contributed by atoms with Gasteiger partial charge in [-0.25, -0.2) is 9.97 Å². The van der Waals surface area contributed by atoms with Crippen LogP contribution in [0.15, 0.2) is 6.33 Å². The monoisotopic (exact) mass is 289 g/mol. The molecule has 0 spiro atoms. The number of nitrogens with one attached hydrogen (secondary N) is 1. The maximum absolute atomic E-state index is 10.2. The summed E-state index contributed by atoms with van der Waals surface area (Å²) in [6.45, 7) is 0.601. The van der Waals surface area contributed by atoms with E-state index in [9.17, 15) is 5.11 Å². The van der Waals surface area contributed by atoms with Crippen molar-refractivity contribution in [3.05, 3.63) is 16.8 Å². The zero-order valence-corrected chi connectivity index (χ0v) is 12.3. The summed E-state index contributed by atoms with van der Waals surface area (Å²) in [6, 6.07) is 0. The summed E-state index contributed by atoms with van der Waals surface area (Å²) in [6.07, 6.45) is 9.43. The van der Waals surface area contributed by atoms with Crippen LogP contribution in [0.4, 0.5) is 5.82 Å². The molecule has 0 saturated heterocycles. The summed E-state index contributed by atoms with van der Waals surface area (Å²) in [5.41, 5.74) is 0.924.